The third-order valence-corrected chi connectivity index (χ3v) is 3.51. The lowest BCUT2D eigenvalue weighted by molar-refractivity contribution is -0.116. The molecule has 0 spiro atoms. The van der Waals surface area contributed by atoms with Gasteiger partial charge in [0.1, 0.15) is 0 Å². The fourth-order valence-electron chi connectivity index (χ4n) is 2.44. The predicted octanol–water partition coefficient (Wildman–Crippen LogP) is 0.751. The highest BCUT2D eigenvalue weighted by molar-refractivity contribution is 5.90. The van der Waals surface area contributed by atoms with Gasteiger partial charge in [0.15, 0.2) is 0 Å². The van der Waals surface area contributed by atoms with Crippen LogP contribution in [0.25, 0.3) is 0 Å². The zero-order valence-corrected chi connectivity index (χ0v) is 11.7. The molecular weight excluding hydrogens is 256 g/mol. The Kier molecular flexibility index (Phi) is 5.11. The lowest BCUT2D eigenvalue weighted by Gasteiger charge is -2.14. The normalized spacial score (nSPS) is 22.9. The van der Waals surface area contributed by atoms with Crippen molar-refractivity contribution in [2.45, 2.75) is 32.0 Å². The maximum Gasteiger partial charge on any atom is 0.224 e. The molecule has 5 nitrogen and oxygen atoms in total. The van der Waals surface area contributed by atoms with Gasteiger partial charge < -0.3 is 15.5 Å². The van der Waals surface area contributed by atoms with Crippen LogP contribution in [-0.4, -0.2) is 52.9 Å². The summed E-state index contributed by atoms with van der Waals surface area (Å²) < 4.78 is 0. The smallest absolute Gasteiger partial charge is 0.224 e. The first-order chi connectivity index (χ1) is 9.54. The number of rotatable bonds is 5. The van der Waals surface area contributed by atoms with E-state index in [1.165, 1.54) is 0 Å². The summed E-state index contributed by atoms with van der Waals surface area (Å²) >= 11 is 0. The summed E-state index contributed by atoms with van der Waals surface area (Å²) in [6, 6.07) is 7.71. The Labute approximate surface area is 119 Å². The summed E-state index contributed by atoms with van der Waals surface area (Å²) in [7, 11) is 0. The van der Waals surface area contributed by atoms with Gasteiger partial charge in [0, 0.05) is 25.2 Å². The minimum atomic E-state index is -0.656. The Hall–Kier alpha value is -1.43. The van der Waals surface area contributed by atoms with Gasteiger partial charge >= 0.3 is 0 Å². The number of hydrogen-bond donors (Lipinski definition) is 3. The van der Waals surface area contributed by atoms with Gasteiger partial charge in [0.05, 0.1) is 12.2 Å². The van der Waals surface area contributed by atoms with Gasteiger partial charge in [-0.15, -0.1) is 0 Å². The Morgan fingerprint density at radius 2 is 2.05 bits per heavy atom. The number of benzene rings is 1. The number of carbonyl (C=O) groups is 1. The lowest BCUT2D eigenvalue weighted by Crippen LogP contribution is -2.24. The molecule has 1 aliphatic heterocycles. The standard InChI is InChI=1S/C15H22N2O3/c1-11-4-2-5-12(8-11)16-15(20)6-3-7-17-9-13(18)14(19)10-17/h2,4-5,8,13-14,18-19H,3,6-7,9-10H2,1H3,(H,16,20)/t13-,14+. The summed E-state index contributed by atoms with van der Waals surface area (Å²) in [6.07, 6.45) is -0.152. The largest absolute Gasteiger partial charge is 0.389 e. The molecule has 0 saturated carbocycles. The van der Waals surface area contributed by atoms with Crippen molar-refractivity contribution in [3.05, 3.63) is 29.8 Å². The highest BCUT2D eigenvalue weighted by Crippen LogP contribution is 2.12. The van der Waals surface area contributed by atoms with Crippen molar-refractivity contribution in [1.82, 2.24) is 4.90 Å². The van der Waals surface area contributed by atoms with E-state index in [9.17, 15) is 15.0 Å². The molecule has 5 heteroatoms. The molecule has 110 valence electrons. The van der Waals surface area contributed by atoms with E-state index < -0.39 is 12.2 Å². The van der Waals surface area contributed by atoms with Crippen LogP contribution in [0, 0.1) is 6.92 Å². The molecule has 2 rings (SSSR count). The second kappa shape index (κ2) is 6.83. The van der Waals surface area contributed by atoms with Crippen LogP contribution in [0.15, 0.2) is 24.3 Å². The van der Waals surface area contributed by atoms with Crippen LogP contribution in [0.1, 0.15) is 18.4 Å². The molecule has 1 aromatic rings. The highest BCUT2D eigenvalue weighted by atomic mass is 16.3. The number of aryl methyl sites for hydroxylation is 1. The molecule has 1 fully saturated rings. The second-order valence-corrected chi connectivity index (χ2v) is 5.42. The molecule has 0 radical (unpaired) electrons. The van der Waals surface area contributed by atoms with Gasteiger partial charge in [-0.1, -0.05) is 12.1 Å². The molecule has 1 amide bonds. The maximum atomic E-state index is 11.8. The minimum absolute atomic E-state index is 0.00380. The van der Waals surface area contributed by atoms with E-state index in [-0.39, 0.29) is 5.91 Å². The molecule has 0 unspecified atom stereocenters. The number of anilines is 1. The second-order valence-electron chi connectivity index (χ2n) is 5.42. The van der Waals surface area contributed by atoms with Crippen molar-refractivity contribution in [3.8, 4) is 0 Å². The summed E-state index contributed by atoms with van der Waals surface area (Å²) in [5.41, 5.74) is 1.94. The number of carbonyl (C=O) groups excluding carboxylic acids is 1. The Balaban J connectivity index is 1.68. The van der Waals surface area contributed by atoms with Crippen LogP contribution in [0.4, 0.5) is 5.69 Å². The number of nitrogens with zero attached hydrogens (tertiary/aromatic N) is 1. The first-order valence-electron chi connectivity index (χ1n) is 6.99. The highest BCUT2D eigenvalue weighted by Gasteiger charge is 2.28. The van der Waals surface area contributed by atoms with E-state index in [0.29, 0.717) is 19.5 Å². The topological polar surface area (TPSA) is 72.8 Å². The number of aliphatic hydroxyl groups excluding tert-OH is 2. The van der Waals surface area contributed by atoms with Crippen LogP contribution < -0.4 is 5.32 Å². The van der Waals surface area contributed by atoms with E-state index in [2.05, 4.69) is 5.32 Å². The Morgan fingerprint density at radius 3 is 2.70 bits per heavy atom. The summed E-state index contributed by atoms with van der Waals surface area (Å²) in [5.74, 6) is -0.00380. The lowest BCUT2D eigenvalue weighted by atomic mass is 10.2. The maximum absolute atomic E-state index is 11.8. The number of aliphatic hydroxyl groups is 2. The molecule has 1 aliphatic rings. The predicted molar refractivity (Wildman–Crippen MR) is 77.5 cm³/mol. The van der Waals surface area contributed by atoms with Gasteiger partial charge in [-0.2, -0.15) is 0 Å². The van der Waals surface area contributed by atoms with Gasteiger partial charge in [-0.3, -0.25) is 9.69 Å². The van der Waals surface area contributed by atoms with Crippen molar-refractivity contribution in [2.75, 3.05) is 25.0 Å². The van der Waals surface area contributed by atoms with Crippen molar-refractivity contribution >= 4 is 11.6 Å². The minimum Gasteiger partial charge on any atom is -0.389 e. The number of likely N-dealkylation sites (tertiary alicyclic amines) is 1. The SMILES string of the molecule is Cc1cccc(NC(=O)CCCN2C[C@@H](O)[C@@H](O)C2)c1. The van der Waals surface area contributed by atoms with Crippen LogP contribution in [0.3, 0.4) is 0 Å². The van der Waals surface area contributed by atoms with Gasteiger partial charge in [0.2, 0.25) is 5.91 Å². The molecule has 2 atom stereocenters. The van der Waals surface area contributed by atoms with Crippen molar-refractivity contribution in [1.29, 1.82) is 0 Å². The van der Waals surface area contributed by atoms with E-state index in [0.717, 1.165) is 24.2 Å². The number of β-amino-alcohol motifs (C(OH)–C–C–N with tert-alkyl or cyclic N) is 2. The van der Waals surface area contributed by atoms with Crippen LogP contribution in [0.2, 0.25) is 0 Å². The van der Waals surface area contributed by atoms with E-state index in [1.807, 2.05) is 36.1 Å². The zero-order chi connectivity index (χ0) is 14.5. The number of hydrogen-bond acceptors (Lipinski definition) is 4. The summed E-state index contributed by atoms with van der Waals surface area (Å²) in [6.45, 7) is 3.68. The molecule has 0 aliphatic carbocycles. The Bertz CT molecular complexity index is 454. The number of nitrogens with one attached hydrogen (secondary N) is 1. The van der Waals surface area contributed by atoms with Crippen LogP contribution >= 0.6 is 0 Å². The van der Waals surface area contributed by atoms with Gasteiger partial charge in [-0.05, 0) is 37.6 Å². The van der Waals surface area contributed by atoms with E-state index in [1.54, 1.807) is 0 Å². The van der Waals surface area contributed by atoms with Crippen LogP contribution in [-0.2, 0) is 4.79 Å². The summed E-state index contributed by atoms with van der Waals surface area (Å²) in [4.78, 5) is 13.8. The molecular formula is C15H22N2O3. The van der Waals surface area contributed by atoms with Gasteiger partial charge in [0.25, 0.3) is 0 Å². The van der Waals surface area contributed by atoms with Crippen molar-refractivity contribution < 1.29 is 15.0 Å². The Morgan fingerprint density at radius 1 is 1.35 bits per heavy atom. The first-order valence-corrected chi connectivity index (χ1v) is 6.99. The molecule has 20 heavy (non-hydrogen) atoms. The van der Waals surface area contributed by atoms with Crippen molar-refractivity contribution in [3.63, 3.8) is 0 Å². The first kappa shape index (κ1) is 15.0. The van der Waals surface area contributed by atoms with E-state index in [4.69, 9.17) is 0 Å². The monoisotopic (exact) mass is 278 g/mol. The molecule has 1 heterocycles. The summed E-state index contributed by atoms with van der Waals surface area (Å²) in [5, 5.41) is 21.7. The molecule has 1 saturated heterocycles. The molecule has 0 bridgehead atoms. The zero-order valence-electron chi connectivity index (χ0n) is 11.7. The quantitative estimate of drug-likeness (QED) is 0.743. The van der Waals surface area contributed by atoms with E-state index >= 15 is 0 Å². The fraction of sp³-hybridized carbons (Fsp3) is 0.533. The molecule has 0 aromatic heterocycles. The third kappa shape index (κ3) is 4.30. The van der Waals surface area contributed by atoms with Crippen LogP contribution in [0.5, 0.6) is 0 Å². The van der Waals surface area contributed by atoms with Gasteiger partial charge in [-0.25, -0.2) is 0 Å². The molecule has 1 aromatic carbocycles. The third-order valence-electron chi connectivity index (χ3n) is 3.51. The average molecular weight is 278 g/mol. The molecule has 3 N–H and O–H groups in total. The van der Waals surface area contributed by atoms with Crippen molar-refractivity contribution in [2.24, 2.45) is 0 Å². The fourth-order valence-corrected chi connectivity index (χ4v) is 2.44. The number of amides is 1. The average Bonchev–Trinajstić information content (AvgIpc) is 2.68.